The molecule has 4 nitrogen and oxygen atoms in total. The molecular weight excluding hydrogens is 308 g/mol. The fourth-order valence-electron chi connectivity index (χ4n) is 2.26. The van der Waals surface area contributed by atoms with Gasteiger partial charge in [0.25, 0.3) is 0 Å². The summed E-state index contributed by atoms with van der Waals surface area (Å²) in [7, 11) is 1.63. The van der Waals surface area contributed by atoms with Gasteiger partial charge in [-0.2, -0.15) is 11.8 Å². The number of nitrogens with one attached hydrogen (secondary N) is 2. The van der Waals surface area contributed by atoms with Crippen LogP contribution in [0.4, 0.5) is 8.78 Å². The second-order valence-corrected chi connectivity index (χ2v) is 6.47. The summed E-state index contributed by atoms with van der Waals surface area (Å²) >= 11 is 1.73. The first-order valence-electron chi connectivity index (χ1n) is 7.21. The SMILES string of the molecule is CN=C(NCCc1cc(F)ccc1F)NCC1(O)CCSC1. The van der Waals surface area contributed by atoms with E-state index in [0.717, 1.165) is 24.3 Å². The van der Waals surface area contributed by atoms with Gasteiger partial charge in [0, 0.05) is 25.9 Å². The molecule has 0 aromatic heterocycles. The molecule has 1 aromatic carbocycles. The number of hydrogen-bond acceptors (Lipinski definition) is 3. The molecule has 0 radical (unpaired) electrons. The van der Waals surface area contributed by atoms with Crippen LogP contribution >= 0.6 is 11.8 Å². The Morgan fingerprint density at radius 1 is 1.41 bits per heavy atom. The van der Waals surface area contributed by atoms with Crippen molar-refractivity contribution in [2.75, 3.05) is 31.6 Å². The maximum Gasteiger partial charge on any atom is 0.191 e. The predicted octanol–water partition coefficient (Wildman–Crippen LogP) is 1.54. The van der Waals surface area contributed by atoms with Gasteiger partial charge in [-0.3, -0.25) is 4.99 Å². The third-order valence-electron chi connectivity index (χ3n) is 3.59. The van der Waals surface area contributed by atoms with Gasteiger partial charge in [-0.1, -0.05) is 0 Å². The van der Waals surface area contributed by atoms with Gasteiger partial charge < -0.3 is 15.7 Å². The number of guanidine groups is 1. The molecule has 0 amide bonds. The van der Waals surface area contributed by atoms with Gasteiger partial charge in [-0.15, -0.1) is 0 Å². The average Bonchev–Trinajstić information content (AvgIpc) is 2.93. The highest BCUT2D eigenvalue weighted by Crippen LogP contribution is 2.26. The van der Waals surface area contributed by atoms with Crippen molar-refractivity contribution in [1.29, 1.82) is 0 Å². The van der Waals surface area contributed by atoms with Crippen molar-refractivity contribution in [3.63, 3.8) is 0 Å². The molecule has 1 unspecified atom stereocenters. The van der Waals surface area contributed by atoms with Crippen LogP contribution in [0.25, 0.3) is 0 Å². The van der Waals surface area contributed by atoms with Crippen molar-refractivity contribution < 1.29 is 13.9 Å². The summed E-state index contributed by atoms with van der Waals surface area (Å²) in [5, 5.41) is 16.4. The predicted molar refractivity (Wildman–Crippen MR) is 86.3 cm³/mol. The zero-order valence-electron chi connectivity index (χ0n) is 12.5. The first-order chi connectivity index (χ1) is 10.5. The Kier molecular flexibility index (Phi) is 6.02. The third-order valence-corrected chi connectivity index (χ3v) is 4.82. The molecular formula is C15H21F2N3OS. The summed E-state index contributed by atoms with van der Waals surface area (Å²) < 4.78 is 26.6. The third kappa shape index (κ3) is 4.84. The number of thioether (sulfide) groups is 1. The number of rotatable bonds is 5. The highest BCUT2D eigenvalue weighted by atomic mass is 32.2. The van der Waals surface area contributed by atoms with Crippen molar-refractivity contribution in [2.24, 2.45) is 4.99 Å². The van der Waals surface area contributed by atoms with Crippen molar-refractivity contribution in [1.82, 2.24) is 10.6 Å². The number of aliphatic imine (C=N–C) groups is 1. The highest BCUT2D eigenvalue weighted by Gasteiger charge is 2.31. The van der Waals surface area contributed by atoms with E-state index in [-0.39, 0.29) is 0 Å². The maximum absolute atomic E-state index is 13.5. The minimum absolute atomic E-state index is 0.328. The van der Waals surface area contributed by atoms with E-state index in [4.69, 9.17) is 0 Å². The summed E-state index contributed by atoms with van der Waals surface area (Å²) in [6, 6.07) is 3.43. The van der Waals surface area contributed by atoms with Crippen LogP contribution in [0.15, 0.2) is 23.2 Å². The fraction of sp³-hybridized carbons (Fsp3) is 0.533. The Bertz CT molecular complexity index is 534. The molecule has 1 aliphatic rings. The van der Waals surface area contributed by atoms with E-state index >= 15 is 0 Å². The zero-order valence-corrected chi connectivity index (χ0v) is 13.3. The Balaban J connectivity index is 1.78. The van der Waals surface area contributed by atoms with Crippen LogP contribution in [0.5, 0.6) is 0 Å². The van der Waals surface area contributed by atoms with Crippen LogP contribution in [-0.2, 0) is 6.42 Å². The van der Waals surface area contributed by atoms with E-state index < -0.39 is 17.2 Å². The minimum atomic E-state index is -0.697. The number of hydrogen-bond donors (Lipinski definition) is 3. The number of aliphatic hydroxyl groups is 1. The summed E-state index contributed by atoms with van der Waals surface area (Å²) in [6.07, 6.45) is 1.11. The summed E-state index contributed by atoms with van der Waals surface area (Å²) in [5.41, 5.74) is -0.370. The van der Waals surface area contributed by atoms with Gasteiger partial charge in [-0.05, 0) is 42.4 Å². The lowest BCUT2D eigenvalue weighted by molar-refractivity contribution is 0.0724. The highest BCUT2D eigenvalue weighted by molar-refractivity contribution is 7.99. The molecule has 2 rings (SSSR count). The van der Waals surface area contributed by atoms with Crippen LogP contribution in [0.3, 0.4) is 0 Å². The minimum Gasteiger partial charge on any atom is -0.387 e. The molecule has 0 saturated carbocycles. The van der Waals surface area contributed by atoms with Crippen LogP contribution in [0.2, 0.25) is 0 Å². The second-order valence-electron chi connectivity index (χ2n) is 5.37. The van der Waals surface area contributed by atoms with E-state index in [0.29, 0.717) is 36.8 Å². The molecule has 1 atom stereocenters. The molecule has 122 valence electrons. The number of benzene rings is 1. The molecule has 1 aromatic rings. The summed E-state index contributed by atoms with van der Waals surface area (Å²) in [4.78, 5) is 4.06. The smallest absolute Gasteiger partial charge is 0.191 e. The number of nitrogens with zero attached hydrogens (tertiary/aromatic N) is 1. The molecule has 3 N–H and O–H groups in total. The first-order valence-corrected chi connectivity index (χ1v) is 8.36. The Labute approximate surface area is 133 Å². The molecule has 0 spiro atoms. The second kappa shape index (κ2) is 7.78. The van der Waals surface area contributed by atoms with Crippen LogP contribution in [0.1, 0.15) is 12.0 Å². The van der Waals surface area contributed by atoms with Gasteiger partial charge in [0.1, 0.15) is 11.6 Å². The lowest BCUT2D eigenvalue weighted by Crippen LogP contribution is -2.47. The summed E-state index contributed by atoms with van der Waals surface area (Å²) in [5.74, 6) is 1.36. The van der Waals surface area contributed by atoms with E-state index in [2.05, 4.69) is 15.6 Å². The normalized spacial score (nSPS) is 21.9. The lowest BCUT2D eigenvalue weighted by atomic mass is 10.0. The summed E-state index contributed by atoms with van der Waals surface area (Å²) in [6.45, 7) is 0.848. The Hall–Kier alpha value is -1.34. The van der Waals surface area contributed by atoms with Gasteiger partial charge in [0.2, 0.25) is 0 Å². The van der Waals surface area contributed by atoms with E-state index in [1.54, 1.807) is 18.8 Å². The molecule has 0 bridgehead atoms. The van der Waals surface area contributed by atoms with Gasteiger partial charge in [0.05, 0.1) is 5.60 Å². The van der Waals surface area contributed by atoms with E-state index in [1.807, 2.05) is 0 Å². The maximum atomic E-state index is 13.5. The van der Waals surface area contributed by atoms with Crippen molar-refractivity contribution in [3.05, 3.63) is 35.4 Å². The molecule has 22 heavy (non-hydrogen) atoms. The molecule has 1 fully saturated rings. The zero-order chi connectivity index (χ0) is 16.0. The quantitative estimate of drug-likeness (QED) is 0.567. The van der Waals surface area contributed by atoms with Crippen LogP contribution < -0.4 is 10.6 Å². The van der Waals surface area contributed by atoms with Gasteiger partial charge in [0.15, 0.2) is 5.96 Å². The molecule has 7 heteroatoms. The number of halogens is 2. The van der Waals surface area contributed by atoms with Gasteiger partial charge >= 0.3 is 0 Å². The Morgan fingerprint density at radius 2 is 2.23 bits per heavy atom. The Morgan fingerprint density at radius 3 is 2.91 bits per heavy atom. The van der Waals surface area contributed by atoms with Crippen molar-refractivity contribution >= 4 is 17.7 Å². The monoisotopic (exact) mass is 329 g/mol. The van der Waals surface area contributed by atoms with Gasteiger partial charge in [-0.25, -0.2) is 8.78 Å². The average molecular weight is 329 g/mol. The van der Waals surface area contributed by atoms with Crippen LogP contribution in [0, 0.1) is 11.6 Å². The largest absolute Gasteiger partial charge is 0.387 e. The van der Waals surface area contributed by atoms with Crippen LogP contribution in [-0.4, -0.2) is 48.3 Å². The first kappa shape index (κ1) is 17.0. The molecule has 0 aliphatic carbocycles. The topological polar surface area (TPSA) is 56.7 Å². The lowest BCUT2D eigenvalue weighted by Gasteiger charge is -2.23. The van der Waals surface area contributed by atoms with Crippen molar-refractivity contribution in [2.45, 2.75) is 18.4 Å². The van der Waals surface area contributed by atoms with E-state index in [9.17, 15) is 13.9 Å². The fourth-order valence-corrected chi connectivity index (χ4v) is 3.55. The van der Waals surface area contributed by atoms with Crippen molar-refractivity contribution in [3.8, 4) is 0 Å². The van der Waals surface area contributed by atoms with E-state index in [1.165, 1.54) is 6.07 Å². The molecule has 1 heterocycles. The molecule has 1 saturated heterocycles. The molecule has 1 aliphatic heterocycles. The standard InChI is InChI=1S/C15H21F2N3OS/c1-18-14(20-9-15(21)5-7-22-10-15)19-6-4-11-8-12(16)2-3-13(11)17/h2-3,8,21H,4-7,9-10H2,1H3,(H2,18,19,20).